The molecule has 2 amide bonds. The molecule has 1 aromatic carbocycles. The molecule has 25 heavy (non-hydrogen) atoms. The lowest BCUT2D eigenvalue weighted by molar-refractivity contribution is -0.119. The van der Waals surface area contributed by atoms with Gasteiger partial charge in [0.15, 0.2) is 0 Å². The van der Waals surface area contributed by atoms with Crippen molar-refractivity contribution in [3.8, 4) is 5.75 Å². The molecule has 6 heteroatoms. The zero-order valence-corrected chi connectivity index (χ0v) is 14.7. The van der Waals surface area contributed by atoms with Crippen LogP contribution in [0, 0.1) is 0 Å². The second kappa shape index (κ2) is 8.76. The highest BCUT2D eigenvalue weighted by atomic mass is 32.2. The molecule has 1 aromatic heterocycles. The Kier molecular flexibility index (Phi) is 6.17. The van der Waals surface area contributed by atoms with Crippen molar-refractivity contribution in [1.29, 1.82) is 0 Å². The van der Waals surface area contributed by atoms with E-state index >= 15 is 0 Å². The third-order valence-corrected chi connectivity index (χ3v) is 5.13. The van der Waals surface area contributed by atoms with E-state index in [2.05, 4.69) is 17.4 Å². The summed E-state index contributed by atoms with van der Waals surface area (Å²) in [5.74, 6) is 1.49. The maximum Gasteiger partial charge on any atom is 0.286 e. The first-order valence-electron chi connectivity index (χ1n) is 8.46. The van der Waals surface area contributed by atoms with Crippen molar-refractivity contribution in [2.45, 2.75) is 44.0 Å². The quantitative estimate of drug-likeness (QED) is 0.676. The van der Waals surface area contributed by atoms with Crippen LogP contribution in [-0.4, -0.2) is 16.4 Å². The van der Waals surface area contributed by atoms with E-state index in [0.717, 1.165) is 55.4 Å². The topological polar surface area (TPSA) is 68.5 Å². The zero-order valence-electron chi connectivity index (χ0n) is 13.9. The lowest BCUT2D eigenvalue weighted by Crippen LogP contribution is -2.24. The third-order valence-electron chi connectivity index (χ3n) is 4.08. The Morgan fingerprint density at radius 3 is 2.60 bits per heavy atom. The highest BCUT2D eigenvalue weighted by molar-refractivity contribution is 8.15. The van der Waals surface area contributed by atoms with E-state index in [1.807, 2.05) is 24.3 Å². The van der Waals surface area contributed by atoms with Crippen LogP contribution in [0.5, 0.6) is 5.75 Å². The van der Waals surface area contributed by atoms with Crippen molar-refractivity contribution in [2.24, 2.45) is 0 Å². The first kappa shape index (κ1) is 17.6. The number of carbonyl (C=O) groups excluding carboxylic acids is 2. The number of nitrogens with one attached hydrogen (secondary N) is 1. The van der Waals surface area contributed by atoms with Crippen molar-refractivity contribution in [2.75, 3.05) is 0 Å². The second-order valence-corrected chi connectivity index (χ2v) is 7.17. The maximum absolute atomic E-state index is 11.5. The van der Waals surface area contributed by atoms with Gasteiger partial charge < -0.3 is 9.15 Å². The predicted molar refractivity (Wildman–Crippen MR) is 96.6 cm³/mol. The molecule has 0 aliphatic carbocycles. The van der Waals surface area contributed by atoms with Gasteiger partial charge in [-0.2, -0.15) is 0 Å². The summed E-state index contributed by atoms with van der Waals surface area (Å²) in [5.41, 5.74) is 1.27. The van der Waals surface area contributed by atoms with E-state index in [1.165, 1.54) is 5.56 Å². The fraction of sp³-hybridized carbons (Fsp3) is 0.368. The molecule has 1 aliphatic heterocycles. The smallest absolute Gasteiger partial charge is 0.286 e. The Morgan fingerprint density at radius 2 is 1.92 bits per heavy atom. The number of rotatable bonds is 9. The number of carbonyl (C=O) groups is 2. The molecule has 1 aliphatic rings. The summed E-state index contributed by atoms with van der Waals surface area (Å²) in [5, 5.41) is 1.91. The Morgan fingerprint density at radius 1 is 1.08 bits per heavy atom. The Bertz CT molecular complexity index is 697. The summed E-state index contributed by atoms with van der Waals surface area (Å²) in [6, 6.07) is 11.8. The molecule has 3 rings (SSSR count). The Balaban J connectivity index is 1.32. The van der Waals surface area contributed by atoms with Crippen molar-refractivity contribution in [1.82, 2.24) is 5.32 Å². The number of hydrogen-bond donors (Lipinski definition) is 1. The van der Waals surface area contributed by atoms with E-state index in [4.69, 9.17) is 9.15 Å². The number of thioether (sulfide) groups is 1. The summed E-state index contributed by atoms with van der Waals surface area (Å²) >= 11 is 1.11. The molecular weight excluding hydrogens is 338 g/mol. The van der Waals surface area contributed by atoms with Gasteiger partial charge in [0.05, 0.1) is 11.5 Å². The number of hydrogen-bond acceptors (Lipinski definition) is 5. The zero-order chi connectivity index (χ0) is 17.5. The molecule has 0 spiro atoms. The molecule has 1 atom stereocenters. The lowest BCUT2D eigenvalue weighted by atomic mass is 10.1. The van der Waals surface area contributed by atoms with Crippen LogP contribution < -0.4 is 10.1 Å². The summed E-state index contributed by atoms with van der Waals surface area (Å²) in [6.07, 6.45) is 6.48. The lowest BCUT2D eigenvalue weighted by Gasteiger charge is -2.07. The SMILES string of the molecule is O=C1NC(=O)C(CCCCCc2ccc(OCc3ccco3)cc2)S1. The van der Waals surface area contributed by atoms with Crippen LogP contribution in [0.3, 0.4) is 0 Å². The van der Waals surface area contributed by atoms with Gasteiger partial charge in [-0.15, -0.1) is 0 Å². The highest BCUT2D eigenvalue weighted by Crippen LogP contribution is 2.24. The van der Waals surface area contributed by atoms with Crippen LogP contribution in [0.25, 0.3) is 0 Å². The van der Waals surface area contributed by atoms with Gasteiger partial charge >= 0.3 is 0 Å². The van der Waals surface area contributed by atoms with Crippen molar-refractivity contribution in [3.05, 3.63) is 54.0 Å². The normalized spacial score (nSPS) is 16.9. The van der Waals surface area contributed by atoms with Gasteiger partial charge in [0, 0.05) is 0 Å². The van der Waals surface area contributed by atoms with Gasteiger partial charge in [-0.1, -0.05) is 36.7 Å². The van der Waals surface area contributed by atoms with Crippen LogP contribution in [-0.2, 0) is 17.8 Å². The standard InChI is InChI=1S/C19H21NO4S/c21-18-17(25-19(22)20-18)7-3-1-2-5-14-8-10-15(11-9-14)24-13-16-6-4-12-23-16/h4,6,8-12,17H,1-3,5,7,13H2,(H,20,21,22). The van der Waals surface area contributed by atoms with Crippen molar-refractivity contribution in [3.63, 3.8) is 0 Å². The molecule has 5 nitrogen and oxygen atoms in total. The minimum absolute atomic E-state index is 0.139. The van der Waals surface area contributed by atoms with Crippen LogP contribution in [0.15, 0.2) is 47.1 Å². The second-order valence-electron chi connectivity index (χ2n) is 5.99. The third kappa shape index (κ3) is 5.39. The van der Waals surface area contributed by atoms with Gasteiger partial charge in [-0.05, 0) is 49.1 Å². The number of furan rings is 1. The molecule has 0 radical (unpaired) electrons. The minimum atomic E-state index is -0.218. The summed E-state index contributed by atoms with van der Waals surface area (Å²) < 4.78 is 10.9. The minimum Gasteiger partial charge on any atom is -0.486 e. The van der Waals surface area contributed by atoms with Crippen LogP contribution in [0.2, 0.25) is 0 Å². The van der Waals surface area contributed by atoms with E-state index in [0.29, 0.717) is 6.61 Å². The largest absolute Gasteiger partial charge is 0.486 e. The molecule has 1 unspecified atom stereocenters. The predicted octanol–water partition coefficient (Wildman–Crippen LogP) is 4.31. The highest BCUT2D eigenvalue weighted by Gasteiger charge is 2.30. The number of ether oxygens (including phenoxy) is 1. The summed E-state index contributed by atoms with van der Waals surface area (Å²) in [4.78, 5) is 22.6. The van der Waals surface area contributed by atoms with Crippen molar-refractivity contribution < 1.29 is 18.7 Å². The molecular formula is C19H21NO4S. The van der Waals surface area contributed by atoms with Gasteiger partial charge in [-0.25, -0.2) is 0 Å². The number of aryl methyl sites for hydroxylation is 1. The monoisotopic (exact) mass is 359 g/mol. The first-order chi connectivity index (χ1) is 12.2. The van der Waals surface area contributed by atoms with Crippen LogP contribution >= 0.6 is 11.8 Å². The van der Waals surface area contributed by atoms with E-state index < -0.39 is 0 Å². The molecule has 132 valence electrons. The average molecular weight is 359 g/mol. The fourth-order valence-corrected chi connectivity index (χ4v) is 3.59. The molecule has 1 saturated heterocycles. The van der Waals surface area contributed by atoms with Crippen molar-refractivity contribution >= 4 is 22.9 Å². The van der Waals surface area contributed by atoms with Crippen LogP contribution in [0.1, 0.15) is 37.0 Å². The van der Waals surface area contributed by atoms with Gasteiger partial charge in [0.1, 0.15) is 18.1 Å². The average Bonchev–Trinajstić information content (AvgIpc) is 3.23. The van der Waals surface area contributed by atoms with Crippen LogP contribution in [0.4, 0.5) is 4.79 Å². The van der Waals surface area contributed by atoms with Gasteiger partial charge in [0.2, 0.25) is 5.91 Å². The Labute approximate surface area is 151 Å². The number of imide groups is 1. The van der Waals surface area contributed by atoms with Gasteiger partial charge in [0.25, 0.3) is 5.24 Å². The molecule has 1 N–H and O–H groups in total. The number of amides is 2. The first-order valence-corrected chi connectivity index (χ1v) is 9.34. The number of unbranched alkanes of at least 4 members (excludes halogenated alkanes) is 2. The van der Waals surface area contributed by atoms with E-state index in [1.54, 1.807) is 6.26 Å². The Hall–Kier alpha value is -2.21. The molecule has 0 bridgehead atoms. The van der Waals surface area contributed by atoms with E-state index in [9.17, 15) is 9.59 Å². The van der Waals surface area contributed by atoms with E-state index in [-0.39, 0.29) is 16.4 Å². The number of benzene rings is 1. The fourth-order valence-electron chi connectivity index (χ4n) is 2.72. The maximum atomic E-state index is 11.5. The molecule has 0 saturated carbocycles. The summed E-state index contributed by atoms with van der Waals surface area (Å²) in [7, 11) is 0. The molecule has 2 aromatic rings. The summed E-state index contributed by atoms with van der Waals surface area (Å²) in [6.45, 7) is 0.432. The van der Waals surface area contributed by atoms with Gasteiger partial charge in [-0.3, -0.25) is 14.9 Å². The molecule has 2 heterocycles. The molecule has 1 fully saturated rings.